The summed E-state index contributed by atoms with van der Waals surface area (Å²) < 4.78 is 0. The van der Waals surface area contributed by atoms with Crippen LogP contribution in [-0.2, 0) is 0 Å². The largest absolute Gasteiger partial charge is 0.369 e. The van der Waals surface area contributed by atoms with E-state index in [9.17, 15) is 5.26 Å². The van der Waals surface area contributed by atoms with Crippen LogP contribution in [-0.4, -0.2) is 28.3 Å². The summed E-state index contributed by atoms with van der Waals surface area (Å²) in [6.45, 7) is 3.77. The molecule has 5 nitrogen and oxygen atoms in total. The first kappa shape index (κ1) is 15.9. The van der Waals surface area contributed by atoms with Crippen LogP contribution in [0.15, 0.2) is 30.5 Å². The number of pyridine rings is 1. The minimum absolute atomic E-state index is 0.354. The van der Waals surface area contributed by atoms with Gasteiger partial charge in [-0.2, -0.15) is 10.4 Å². The van der Waals surface area contributed by atoms with E-state index in [4.69, 9.17) is 11.6 Å². The average molecular weight is 352 g/mol. The maximum Gasteiger partial charge on any atom is 0.103 e. The molecule has 3 heterocycles. The molecule has 4 rings (SSSR count). The molecule has 0 amide bonds. The van der Waals surface area contributed by atoms with E-state index in [1.807, 2.05) is 25.1 Å². The molecule has 6 heteroatoms. The summed E-state index contributed by atoms with van der Waals surface area (Å²) in [7, 11) is 0. The molecule has 1 aliphatic heterocycles. The normalized spacial score (nSPS) is 17.6. The van der Waals surface area contributed by atoms with Gasteiger partial charge in [-0.1, -0.05) is 11.6 Å². The van der Waals surface area contributed by atoms with E-state index in [1.54, 1.807) is 6.20 Å². The minimum Gasteiger partial charge on any atom is -0.369 e. The topological polar surface area (TPSA) is 68.6 Å². The summed E-state index contributed by atoms with van der Waals surface area (Å²) in [5.41, 5.74) is 4.56. The highest BCUT2D eigenvalue weighted by molar-refractivity contribution is 6.31. The Labute approximate surface area is 151 Å². The molecule has 0 radical (unpaired) electrons. The summed E-state index contributed by atoms with van der Waals surface area (Å²) >= 11 is 6.21. The zero-order chi connectivity index (χ0) is 17.4. The van der Waals surface area contributed by atoms with Crippen LogP contribution >= 0.6 is 11.6 Å². The van der Waals surface area contributed by atoms with Crippen molar-refractivity contribution in [1.29, 1.82) is 5.26 Å². The minimum atomic E-state index is 0.354. The Morgan fingerprint density at radius 1 is 1.36 bits per heavy atom. The predicted molar refractivity (Wildman–Crippen MR) is 99.0 cm³/mol. The first-order valence-corrected chi connectivity index (χ1v) is 8.78. The number of aryl methyl sites for hydroxylation is 1. The number of benzene rings is 1. The molecule has 1 fully saturated rings. The van der Waals surface area contributed by atoms with Gasteiger partial charge in [-0.15, -0.1) is 0 Å². The molecule has 25 heavy (non-hydrogen) atoms. The first-order chi connectivity index (χ1) is 12.2. The number of nitrogens with zero attached hydrogens (tertiary/aromatic N) is 4. The van der Waals surface area contributed by atoms with Crippen LogP contribution < -0.4 is 4.90 Å². The quantitative estimate of drug-likeness (QED) is 0.752. The summed E-state index contributed by atoms with van der Waals surface area (Å²) in [4.78, 5) is 6.69. The number of hydrogen-bond acceptors (Lipinski definition) is 4. The molecule has 3 aromatic rings. The number of aromatic amines is 1. The van der Waals surface area contributed by atoms with Gasteiger partial charge in [-0.3, -0.25) is 10.1 Å². The van der Waals surface area contributed by atoms with Crippen molar-refractivity contribution in [2.75, 3.05) is 18.0 Å². The summed E-state index contributed by atoms with van der Waals surface area (Å²) in [5.74, 6) is 0.354. The number of H-pyrrole nitrogens is 1. The van der Waals surface area contributed by atoms with Crippen LogP contribution in [0.5, 0.6) is 0 Å². The number of fused-ring (bicyclic) bond motifs is 1. The van der Waals surface area contributed by atoms with Gasteiger partial charge >= 0.3 is 0 Å². The molecule has 1 N–H and O–H groups in total. The molecule has 0 saturated carbocycles. The third kappa shape index (κ3) is 2.94. The zero-order valence-electron chi connectivity index (χ0n) is 14.0. The van der Waals surface area contributed by atoms with E-state index in [1.165, 1.54) is 0 Å². The molecule has 0 aliphatic carbocycles. The molecule has 1 saturated heterocycles. The van der Waals surface area contributed by atoms with Crippen molar-refractivity contribution < 1.29 is 0 Å². The lowest BCUT2D eigenvalue weighted by atomic mass is 9.93. The number of anilines is 1. The lowest BCUT2D eigenvalue weighted by Crippen LogP contribution is -2.35. The van der Waals surface area contributed by atoms with Gasteiger partial charge in [0.25, 0.3) is 0 Å². The molecular weight excluding hydrogens is 334 g/mol. The Kier molecular flexibility index (Phi) is 4.06. The van der Waals surface area contributed by atoms with Gasteiger partial charge in [0.2, 0.25) is 0 Å². The predicted octanol–water partition coefficient (Wildman–Crippen LogP) is 4.18. The Balaban J connectivity index is 1.78. The van der Waals surface area contributed by atoms with Crippen LogP contribution in [0.25, 0.3) is 10.9 Å². The third-order valence-electron chi connectivity index (χ3n) is 4.80. The fourth-order valence-corrected chi connectivity index (χ4v) is 3.82. The zero-order valence-corrected chi connectivity index (χ0v) is 14.7. The molecule has 1 unspecified atom stereocenters. The number of rotatable bonds is 2. The van der Waals surface area contributed by atoms with Gasteiger partial charge < -0.3 is 4.90 Å². The molecule has 1 aliphatic rings. The Hall–Kier alpha value is -2.58. The molecule has 1 aromatic carbocycles. The highest BCUT2D eigenvalue weighted by Gasteiger charge is 2.26. The van der Waals surface area contributed by atoms with Crippen molar-refractivity contribution in [3.63, 3.8) is 0 Å². The molecule has 0 spiro atoms. The third-order valence-corrected chi connectivity index (χ3v) is 5.04. The number of halogens is 1. The average Bonchev–Trinajstić information content (AvgIpc) is 3.07. The second kappa shape index (κ2) is 6.38. The van der Waals surface area contributed by atoms with Crippen LogP contribution in [0.3, 0.4) is 0 Å². The highest BCUT2D eigenvalue weighted by Crippen LogP contribution is 2.36. The second-order valence-corrected chi connectivity index (χ2v) is 6.99. The molecule has 126 valence electrons. The Bertz CT molecular complexity index is 972. The van der Waals surface area contributed by atoms with Gasteiger partial charge in [0, 0.05) is 41.3 Å². The second-order valence-electron chi connectivity index (χ2n) is 6.55. The number of nitriles is 1. The van der Waals surface area contributed by atoms with E-state index < -0.39 is 0 Å². The summed E-state index contributed by atoms with van der Waals surface area (Å²) in [6.07, 6.45) is 3.83. The fourth-order valence-electron chi connectivity index (χ4n) is 3.64. The Morgan fingerprint density at radius 3 is 3.00 bits per heavy atom. The van der Waals surface area contributed by atoms with Crippen LogP contribution in [0, 0.1) is 18.3 Å². The summed E-state index contributed by atoms with van der Waals surface area (Å²) in [5, 5.41) is 18.7. The maximum absolute atomic E-state index is 9.60. The van der Waals surface area contributed by atoms with Crippen molar-refractivity contribution in [1.82, 2.24) is 15.2 Å². The van der Waals surface area contributed by atoms with E-state index >= 15 is 0 Å². The fraction of sp³-hybridized carbons (Fsp3) is 0.316. The SMILES string of the molecule is Cc1cc(C2CCCN(c3c(C#N)cnc4ccc(Cl)cc34)C2)n[nH]1. The number of hydrogen-bond donors (Lipinski definition) is 1. The lowest BCUT2D eigenvalue weighted by molar-refractivity contribution is 0.501. The maximum atomic E-state index is 9.60. The van der Waals surface area contributed by atoms with Crippen LogP contribution in [0.2, 0.25) is 5.02 Å². The number of piperidine rings is 1. The van der Waals surface area contributed by atoms with Crippen LogP contribution in [0.1, 0.15) is 35.7 Å². The van der Waals surface area contributed by atoms with E-state index in [-0.39, 0.29) is 0 Å². The first-order valence-electron chi connectivity index (χ1n) is 8.41. The van der Waals surface area contributed by atoms with Gasteiger partial charge in [-0.05, 0) is 44.0 Å². The van der Waals surface area contributed by atoms with Gasteiger partial charge in [-0.25, -0.2) is 0 Å². The number of aromatic nitrogens is 3. The van der Waals surface area contributed by atoms with Crippen molar-refractivity contribution in [3.05, 3.63) is 52.4 Å². The van der Waals surface area contributed by atoms with Crippen molar-refractivity contribution in [2.24, 2.45) is 0 Å². The van der Waals surface area contributed by atoms with Crippen molar-refractivity contribution >= 4 is 28.2 Å². The van der Waals surface area contributed by atoms with Gasteiger partial charge in [0.15, 0.2) is 0 Å². The van der Waals surface area contributed by atoms with E-state index in [0.717, 1.165) is 53.9 Å². The molecular formula is C19H18ClN5. The van der Waals surface area contributed by atoms with Gasteiger partial charge in [0.05, 0.1) is 22.5 Å². The van der Waals surface area contributed by atoms with E-state index in [0.29, 0.717) is 16.5 Å². The molecule has 0 bridgehead atoms. The standard InChI is InChI=1S/C19H18ClN5/c1-12-7-18(24-23-12)13-3-2-6-25(11-13)19-14(9-21)10-22-17-5-4-15(20)8-16(17)19/h4-5,7-8,10,13H,2-3,6,11H2,1H3,(H,23,24). The lowest BCUT2D eigenvalue weighted by Gasteiger charge is -2.34. The van der Waals surface area contributed by atoms with Crippen molar-refractivity contribution in [3.8, 4) is 6.07 Å². The monoisotopic (exact) mass is 351 g/mol. The Morgan fingerprint density at radius 2 is 2.24 bits per heavy atom. The van der Waals surface area contributed by atoms with E-state index in [2.05, 4.69) is 32.2 Å². The molecule has 1 atom stereocenters. The molecule has 2 aromatic heterocycles. The number of nitrogens with one attached hydrogen (secondary N) is 1. The highest BCUT2D eigenvalue weighted by atomic mass is 35.5. The van der Waals surface area contributed by atoms with Crippen molar-refractivity contribution in [2.45, 2.75) is 25.7 Å². The summed E-state index contributed by atoms with van der Waals surface area (Å²) in [6, 6.07) is 10.0. The van der Waals surface area contributed by atoms with Gasteiger partial charge in [0.1, 0.15) is 6.07 Å². The van der Waals surface area contributed by atoms with Crippen LogP contribution in [0.4, 0.5) is 5.69 Å². The smallest absolute Gasteiger partial charge is 0.103 e.